The molecule has 0 aromatic heterocycles. The second kappa shape index (κ2) is 8.63. The number of likely N-dealkylation sites (tertiary alicyclic amines) is 2. The van der Waals surface area contributed by atoms with Gasteiger partial charge < -0.3 is 19.6 Å². The Hall–Kier alpha value is -2.57. The predicted molar refractivity (Wildman–Crippen MR) is 103 cm³/mol. The van der Waals surface area contributed by atoms with E-state index in [9.17, 15) is 19.5 Å². The molecule has 2 aliphatic heterocycles. The third-order valence-electron chi connectivity index (χ3n) is 5.82. The Morgan fingerprint density at radius 2 is 1.93 bits per heavy atom. The molecule has 2 unspecified atom stereocenters. The van der Waals surface area contributed by atoms with Crippen molar-refractivity contribution < 1.29 is 24.2 Å². The van der Waals surface area contributed by atoms with E-state index < -0.39 is 11.5 Å². The third kappa shape index (κ3) is 4.29. The van der Waals surface area contributed by atoms with Crippen LogP contribution in [0, 0.1) is 5.92 Å². The summed E-state index contributed by atoms with van der Waals surface area (Å²) in [4.78, 5) is 40.4. The van der Waals surface area contributed by atoms with E-state index in [1.165, 1.54) is 4.90 Å². The molecule has 2 amide bonds. The Morgan fingerprint density at radius 3 is 2.64 bits per heavy atom. The summed E-state index contributed by atoms with van der Waals surface area (Å²) in [5, 5.41) is 9.55. The average Bonchev–Trinajstić information content (AvgIpc) is 3.11. The lowest BCUT2D eigenvalue weighted by Gasteiger charge is -2.38. The van der Waals surface area contributed by atoms with Gasteiger partial charge in [0.1, 0.15) is 11.3 Å². The van der Waals surface area contributed by atoms with Crippen LogP contribution in [-0.2, 0) is 14.4 Å². The Balaban J connectivity index is 1.54. The number of ether oxygens (including phenoxy) is 1. The molecule has 0 saturated carbocycles. The van der Waals surface area contributed by atoms with Gasteiger partial charge in [0.15, 0.2) is 0 Å². The van der Waals surface area contributed by atoms with Crippen LogP contribution in [0.4, 0.5) is 0 Å². The monoisotopic (exact) mass is 388 g/mol. The molecule has 2 saturated heterocycles. The number of rotatable bonds is 6. The molecule has 7 heteroatoms. The van der Waals surface area contributed by atoms with E-state index in [1.54, 1.807) is 11.8 Å². The molecule has 2 heterocycles. The highest BCUT2D eigenvalue weighted by molar-refractivity contribution is 5.89. The van der Waals surface area contributed by atoms with Gasteiger partial charge in [-0.15, -0.1) is 0 Å². The number of aliphatic carboxylic acids is 1. The highest BCUT2D eigenvalue weighted by Gasteiger charge is 2.47. The van der Waals surface area contributed by atoms with E-state index in [0.717, 1.165) is 12.2 Å². The lowest BCUT2D eigenvalue weighted by Crippen LogP contribution is -2.55. The number of carbonyl (C=O) groups is 3. The van der Waals surface area contributed by atoms with Crippen molar-refractivity contribution in [3.63, 3.8) is 0 Å². The molecular weight excluding hydrogens is 360 g/mol. The summed E-state index contributed by atoms with van der Waals surface area (Å²) in [6.45, 7) is 3.37. The first-order valence-electron chi connectivity index (χ1n) is 9.92. The van der Waals surface area contributed by atoms with E-state index in [2.05, 4.69) is 0 Å². The molecular formula is C21H28N2O5. The van der Waals surface area contributed by atoms with Gasteiger partial charge in [-0.25, -0.2) is 4.79 Å². The molecule has 0 radical (unpaired) electrons. The van der Waals surface area contributed by atoms with Crippen LogP contribution < -0.4 is 4.74 Å². The van der Waals surface area contributed by atoms with Crippen molar-refractivity contribution in [3.8, 4) is 5.75 Å². The predicted octanol–water partition coefficient (Wildman–Crippen LogP) is 2.16. The number of carboxylic acids is 1. The number of carbonyl (C=O) groups excluding carboxylic acids is 2. The summed E-state index contributed by atoms with van der Waals surface area (Å²) in [5.41, 5.74) is -1.13. The molecule has 2 atom stereocenters. The van der Waals surface area contributed by atoms with Gasteiger partial charge in [0.2, 0.25) is 11.8 Å². The maximum atomic E-state index is 13.0. The van der Waals surface area contributed by atoms with Gasteiger partial charge in [-0.05, 0) is 44.7 Å². The molecule has 3 rings (SSSR count). The minimum Gasteiger partial charge on any atom is -0.493 e. The first-order valence-corrected chi connectivity index (χ1v) is 9.92. The molecule has 2 fully saturated rings. The Bertz CT molecular complexity index is 723. The van der Waals surface area contributed by atoms with Gasteiger partial charge in [0.25, 0.3) is 0 Å². The number of carboxylic acid groups (broad SMARTS) is 1. The van der Waals surface area contributed by atoms with Crippen molar-refractivity contribution >= 4 is 17.8 Å². The van der Waals surface area contributed by atoms with Gasteiger partial charge >= 0.3 is 5.97 Å². The van der Waals surface area contributed by atoms with Crippen molar-refractivity contribution in [2.45, 2.75) is 44.6 Å². The molecule has 1 N–H and O–H groups in total. The van der Waals surface area contributed by atoms with E-state index in [4.69, 9.17) is 4.74 Å². The van der Waals surface area contributed by atoms with E-state index >= 15 is 0 Å². The second-order valence-electron chi connectivity index (χ2n) is 7.76. The fraction of sp³-hybridized carbons (Fsp3) is 0.571. The van der Waals surface area contributed by atoms with Gasteiger partial charge in [-0.3, -0.25) is 9.59 Å². The number of amides is 2. The number of hydrogen-bond donors (Lipinski definition) is 1. The summed E-state index contributed by atoms with van der Waals surface area (Å²) in [5.74, 6) is -0.732. The molecule has 0 aliphatic carbocycles. The molecule has 2 aliphatic rings. The second-order valence-corrected chi connectivity index (χ2v) is 7.76. The maximum Gasteiger partial charge on any atom is 0.329 e. The largest absolute Gasteiger partial charge is 0.493 e. The first kappa shape index (κ1) is 20.2. The number of piperidine rings is 1. The van der Waals surface area contributed by atoms with Crippen LogP contribution in [0.1, 0.15) is 39.0 Å². The topological polar surface area (TPSA) is 87.2 Å². The molecule has 7 nitrogen and oxygen atoms in total. The maximum absolute atomic E-state index is 13.0. The summed E-state index contributed by atoms with van der Waals surface area (Å²) < 4.78 is 5.59. The third-order valence-corrected chi connectivity index (χ3v) is 5.82. The Kier molecular flexibility index (Phi) is 6.21. The molecule has 1 aromatic carbocycles. The molecule has 1 aromatic rings. The highest BCUT2D eigenvalue weighted by atomic mass is 16.5. The summed E-state index contributed by atoms with van der Waals surface area (Å²) in [6.07, 6.45) is 2.86. The quantitative estimate of drug-likeness (QED) is 0.807. The average molecular weight is 388 g/mol. The van der Waals surface area contributed by atoms with Crippen molar-refractivity contribution in [1.29, 1.82) is 0 Å². The smallest absolute Gasteiger partial charge is 0.329 e. The fourth-order valence-corrected chi connectivity index (χ4v) is 4.10. The van der Waals surface area contributed by atoms with E-state index in [0.29, 0.717) is 45.5 Å². The lowest BCUT2D eigenvalue weighted by atomic mass is 9.93. The van der Waals surface area contributed by atoms with Crippen LogP contribution in [0.25, 0.3) is 0 Å². The minimum atomic E-state index is -1.13. The number of hydrogen-bond acceptors (Lipinski definition) is 4. The van der Waals surface area contributed by atoms with Crippen LogP contribution in [0.3, 0.4) is 0 Å². The zero-order chi connectivity index (χ0) is 20.1. The normalized spacial score (nSPS) is 24.8. The number of nitrogens with zero attached hydrogens (tertiary/aromatic N) is 2. The number of benzene rings is 1. The molecule has 152 valence electrons. The van der Waals surface area contributed by atoms with Gasteiger partial charge in [-0.1, -0.05) is 18.2 Å². The molecule has 0 bridgehead atoms. The number of para-hydroxylation sites is 1. The van der Waals surface area contributed by atoms with Crippen LogP contribution in [0.2, 0.25) is 0 Å². The van der Waals surface area contributed by atoms with Crippen molar-refractivity contribution in [1.82, 2.24) is 9.80 Å². The lowest BCUT2D eigenvalue weighted by molar-refractivity contribution is -0.158. The Morgan fingerprint density at radius 1 is 1.18 bits per heavy atom. The standard InChI is InChI=1S/C21H28N2O5/c1-21(20(26)27)11-6-13-23(21)19(25)16-7-5-12-22(15-16)18(24)10-14-28-17-8-3-2-4-9-17/h2-4,8-9,16H,5-7,10-15H2,1H3,(H,26,27). The van der Waals surface area contributed by atoms with E-state index in [1.807, 2.05) is 30.3 Å². The van der Waals surface area contributed by atoms with Crippen LogP contribution in [0.15, 0.2) is 30.3 Å². The summed E-state index contributed by atoms with van der Waals surface area (Å²) >= 11 is 0. The van der Waals surface area contributed by atoms with Gasteiger partial charge in [0, 0.05) is 19.6 Å². The zero-order valence-electron chi connectivity index (χ0n) is 16.3. The zero-order valence-corrected chi connectivity index (χ0v) is 16.3. The highest BCUT2D eigenvalue weighted by Crippen LogP contribution is 2.32. The summed E-state index contributed by atoms with van der Waals surface area (Å²) in [6, 6.07) is 9.34. The van der Waals surface area contributed by atoms with Gasteiger partial charge in [-0.2, -0.15) is 0 Å². The minimum absolute atomic E-state index is 0.0316. The Labute approximate surface area is 165 Å². The van der Waals surface area contributed by atoms with Crippen molar-refractivity contribution in [2.75, 3.05) is 26.2 Å². The SMILES string of the molecule is CC1(C(=O)O)CCCN1C(=O)C1CCCN(C(=O)CCOc2ccccc2)C1. The first-order chi connectivity index (χ1) is 13.4. The fourth-order valence-electron chi connectivity index (χ4n) is 4.10. The van der Waals surface area contributed by atoms with Crippen LogP contribution in [0.5, 0.6) is 5.75 Å². The van der Waals surface area contributed by atoms with E-state index in [-0.39, 0.29) is 24.2 Å². The molecule has 28 heavy (non-hydrogen) atoms. The van der Waals surface area contributed by atoms with Crippen LogP contribution >= 0.6 is 0 Å². The summed E-state index contributed by atoms with van der Waals surface area (Å²) in [7, 11) is 0. The molecule has 0 spiro atoms. The van der Waals surface area contributed by atoms with Crippen molar-refractivity contribution in [3.05, 3.63) is 30.3 Å². The van der Waals surface area contributed by atoms with Gasteiger partial charge in [0.05, 0.1) is 18.9 Å². The van der Waals surface area contributed by atoms with Crippen molar-refractivity contribution in [2.24, 2.45) is 5.92 Å². The van der Waals surface area contributed by atoms with Crippen LogP contribution in [-0.4, -0.2) is 64.5 Å².